The average Bonchev–Trinajstić information content (AvgIpc) is 2.54. The smallest absolute Gasteiger partial charge is 0.220 e. The van der Waals surface area contributed by atoms with Crippen LogP contribution in [0, 0.1) is 18.8 Å². The molecule has 0 bridgehead atoms. The fourth-order valence-electron chi connectivity index (χ4n) is 3.37. The third-order valence-electron chi connectivity index (χ3n) is 5.26. The molecule has 0 radical (unpaired) electrons. The lowest BCUT2D eigenvalue weighted by Gasteiger charge is -2.29. The number of aryl methyl sites for hydroxylation is 1. The zero-order valence-corrected chi connectivity index (χ0v) is 16.3. The van der Waals surface area contributed by atoms with Crippen molar-refractivity contribution in [3.63, 3.8) is 0 Å². The minimum absolute atomic E-state index is 0. The first kappa shape index (κ1) is 21.0. The van der Waals surface area contributed by atoms with Gasteiger partial charge in [0.15, 0.2) is 0 Å². The van der Waals surface area contributed by atoms with Gasteiger partial charge in [-0.1, -0.05) is 50.6 Å². The molecule has 1 amide bonds. The Hall–Kier alpha value is -1.06. The van der Waals surface area contributed by atoms with Gasteiger partial charge in [0, 0.05) is 18.4 Å². The summed E-state index contributed by atoms with van der Waals surface area (Å²) in [6.07, 6.45) is 3.04. The second-order valence-corrected chi connectivity index (χ2v) is 7.80. The molecule has 0 saturated carbocycles. The molecule has 0 aromatic heterocycles. The number of carbonyl (C=O) groups is 1. The molecule has 3 nitrogen and oxygen atoms in total. The van der Waals surface area contributed by atoms with Crippen LogP contribution in [0.25, 0.3) is 0 Å². The van der Waals surface area contributed by atoms with Gasteiger partial charge in [0.2, 0.25) is 5.91 Å². The van der Waals surface area contributed by atoms with Crippen molar-refractivity contribution in [3.05, 3.63) is 35.4 Å². The van der Waals surface area contributed by atoms with E-state index in [-0.39, 0.29) is 23.7 Å². The van der Waals surface area contributed by atoms with Crippen molar-refractivity contribution in [2.75, 3.05) is 19.6 Å². The number of hydrogen-bond acceptors (Lipinski definition) is 2. The van der Waals surface area contributed by atoms with Gasteiger partial charge in [0.1, 0.15) is 0 Å². The number of hydrogen-bond donors (Lipinski definition) is 2. The summed E-state index contributed by atoms with van der Waals surface area (Å²) >= 11 is 0. The monoisotopic (exact) mass is 352 g/mol. The van der Waals surface area contributed by atoms with Gasteiger partial charge in [-0.2, -0.15) is 0 Å². The molecule has 1 unspecified atom stereocenters. The highest BCUT2D eigenvalue weighted by Crippen LogP contribution is 2.25. The average molecular weight is 353 g/mol. The van der Waals surface area contributed by atoms with Crippen molar-refractivity contribution in [3.8, 4) is 0 Å². The Balaban J connectivity index is 0.00000288. The molecule has 1 aromatic carbocycles. The van der Waals surface area contributed by atoms with Gasteiger partial charge < -0.3 is 10.6 Å². The first-order valence-electron chi connectivity index (χ1n) is 8.93. The highest BCUT2D eigenvalue weighted by atomic mass is 35.5. The van der Waals surface area contributed by atoms with Gasteiger partial charge >= 0.3 is 0 Å². The molecule has 4 heteroatoms. The summed E-state index contributed by atoms with van der Waals surface area (Å²) in [5.41, 5.74) is 2.50. The Morgan fingerprint density at radius 1 is 1.25 bits per heavy atom. The molecule has 1 aromatic rings. The third kappa shape index (κ3) is 6.10. The van der Waals surface area contributed by atoms with Crippen LogP contribution in [0.1, 0.15) is 51.2 Å². The number of halogens is 1. The Bertz CT molecular complexity index is 507. The lowest BCUT2D eigenvalue weighted by atomic mass is 9.83. The van der Waals surface area contributed by atoms with Crippen LogP contribution in [0.15, 0.2) is 24.3 Å². The molecule has 1 heterocycles. The van der Waals surface area contributed by atoms with E-state index in [9.17, 15) is 4.79 Å². The molecule has 2 rings (SSSR count). The quantitative estimate of drug-likeness (QED) is 0.816. The molecular weight excluding hydrogens is 320 g/mol. The highest BCUT2D eigenvalue weighted by Gasteiger charge is 2.24. The number of rotatable bonds is 6. The summed E-state index contributed by atoms with van der Waals surface area (Å²) in [5.74, 6) is 1.35. The van der Waals surface area contributed by atoms with E-state index in [1.807, 2.05) is 0 Å². The van der Waals surface area contributed by atoms with Crippen LogP contribution in [0.3, 0.4) is 0 Å². The normalized spacial score (nSPS) is 17.0. The Morgan fingerprint density at radius 2 is 1.83 bits per heavy atom. The van der Waals surface area contributed by atoms with Gasteiger partial charge in [-0.3, -0.25) is 4.79 Å². The van der Waals surface area contributed by atoms with Gasteiger partial charge in [0.05, 0.1) is 0 Å². The van der Waals surface area contributed by atoms with E-state index in [0.29, 0.717) is 24.8 Å². The molecule has 1 atom stereocenters. The number of benzene rings is 1. The van der Waals surface area contributed by atoms with E-state index in [2.05, 4.69) is 62.6 Å². The van der Waals surface area contributed by atoms with Crippen LogP contribution >= 0.6 is 12.4 Å². The highest BCUT2D eigenvalue weighted by molar-refractivity contribution is 5.85. The molecule has 1 fully saturated rings. The predicted molar refractivity (Wildman–Crippen MR) is 104 cm³/mol. The van der Waals surface area contributed by atoms with E-state index < -0.39 is 0 Å². The van der Waals surface area contributed by atoms with Crippen molar-refractivity contribution >= 4 is 18.3 Å². The third-order valence-corrected chi connectivity index (χ3v) is 5.26. The summed E-state index contributed by atoms with van der Waals surface area (Å²) in [6, 6.07) is 8.61. The maximum Gasteiger partial charge on any atom is 0.220 e. The molecule has 0 spiro atoms. The predicted octanol–water partition coefficient (Wildman–Crippen LogP) is 3.84. The number of piperidine rings is 1. The van der Waals surface area contributed by atoms with Crippen LogP contribution in [0.2, 0.25) is 0 Å². The molecule has 136 valence electrons. The van der Waals surface area contributed by atoms with Crippen LogP contribution in [-0.4, -0.2) is 25.5 Å². The summed E-state index contributed by atoms with van der Waals surface area (Å²) in [7, 11) is 0. The first-order valence-corrected chi connectivity index (χ1v) is 8.93. The maximum atomic E-state index is 12.3. The lowest BCUT2D eigenvalue weighted by molar-refractivity contribution is -0.122. The summed E-state index contributed by atoms with van der Waals surface area (Å²) in [5, 5.41) is 6.54. The van der Waals surface area contributed by atoms with Crippen LogP contribution in [-0.2, 0) is 10.2 Å². The summed E-state index contributed by atoms with van der Waals surface area (Å²) < 4.78 is 0. The lowest BCUT2D eigenvalue weighted by Crippen LogP contribution is -2.38. The molecule has 1 aliphatic rings. The number of nitrogens with one attached hydrogen (secondary N) is 2. The number of carbonyl (C=O) groups excluding carboxylic acids is 1. The summed E-state index contributed by atoms with van der Waals surface area (Å²) in [6.45, 7) is 11.6. The fraction of sp³-hybridized carbons (Fsp3) is 0.650. The number of amides is 1. The minimum atomic E-state index is -0.0403. The second kappa shape index (κ2) is 9.43. The molecule has 1 saturated heterocycles. The molecule has 2 N–H and O–H groups in total. The van der Waals surface area contributed by atoms with Crippen molar-refractivity contribution in [2.45, 2.75) is 52.4 Å². The Kier molecular flexibility index (Phi) is 8.24. The van der Waals surface area contributed by atoms with Crippen LogP contribution in [0.4, 0.5) is 0 Å². The first-order chi connectivity index (χ1) is 10.9. The molecule has 0 aliphatic carbocycles. The SMILES string of the molecule is Cc1ccc(C(C)(C)CNC(=O)CC(C)C2CCNCC2)cc1.Cl. The molecular formula is C20H33ClN2O. The van der Waals surface area contributed by atoms with Crippen molar-refractivity contribution in [2.24, 2.45) is 11.8 Å². The molecule has 24 heavy (non-hydrogen) atoms. The van der Waals surface area contributed by atoms with Crippen LogP contribution in [0.5, 0.6) is 0 Å². The topological polar surface area (TPSA) is 41.1 Å². The summed E-state index contributed by atoms with van der Waals surface area (Å²) in [4.78, 5) is 12.3. The van der Waals surface area contributed by atoms with Crippen molar-refractivity contribution in [1.29, 1.82) is 0 Å². The zero-order chi connectivity index (χ0) is 16.9. The van der Waals surface area contributed by atoms with E-state index in [0.717, 1.165) is 13.1 Å². The largest absolute Gasteiger partial charge is 0.355 e. The standard InChI is InChI=1S/C20H32N2O.ClH/c1-15-5-7-18(8-6-15)20(3,4)14-22-19(23)13-16(2)17-9-11-21-12-10-17;/h5-8,16-17,21H,9-14H2,1-4H3,(H,22,23);1H. The van der Waals surface area contributed by atoms with E-state index in [1.165, 1.54) is 24.0 Å². The molecule has 1 aliphatic heterocycles. The van der Waals surface area contributed by atoms with E-state index in [4.69, 9.17) is 0 Å². The Morgan fingerprint density at radius 3 is 2.42 bits per heavy atom. The van der Waals surface area contributed by atoms with Gasteiger partial charge in [-0.25, -0.2) is 0 Å². The van der Waals surface area contributed by atoms with E-state index in [1.54, 1.807) is 0 Å². The van der Waals surface area contributed by atoms with Gasteiger partial charge in [-0.15, -0.1) is 12.4 Å². The van der Waals surface area contributed by atoms with Crippen LogP contribution < -0.4 is 10.6 Å². The van der Waals surface area contributed by atoms with Gasteiger partial charge in [-0.05, 0) is 50.3 Å². The second-order valence-electron chi connectivity index (χ2n) is 7.80. The van der Waals surface area contributed by atoms with E-state index >= 15 is 0 Å². The maximum absolute atomic E-state index is 12.3. The van der Waals surface area contributed by atoms with Crippen molar-refractivity contribution in [1.82, 2.24) is 10.6 Å². The minimum Gasteiger partial charge on any atom is -0.355 e. The van der Waals surface area contributed by atoms with Crippen molar-refractivity contribution < 1.29 is 4.79 Å². The zero-order valence-electron chi connectivity index (χ0n) is 15.5. The fourth-order valence-corrected chi connectivity index (χ4v) is 3.37. The Labute approximate surface area is 153 Å². The van der Waals surface area contributed by atoms with Gasteiger partial charge in [0.25, 0.3) is 0 Å².